The number of carbonyl (C=O) groups is 1. The second-order valence-corrected chi connectivity index (χ2v) is 7.76. The summed E-state index contributed by atoms with van der Waals surface area (Å²) in [6.45, 7) is 8.84. The van der Waals surface area contributed by atoms with Crippen molar-refractivity contribution in [1.29, 1.82) is 0 Å². The smallest absolute Gasteiger partial charge is 0.253 e. The van der Waals surface area contributed by atoms with Crippen molar-refractivity contribution in [3.8, 4) is 0 Å². The number of aryl methyl sites for hydroxylation is 1. The maximum Gasteiger partial charge on any atom is 0.253 e. The number of para-hydroxylation sites is 1. The molecular weight excluding hydrogens is 316 g/mol. The molecule has 2 heterocycles. The number of rotatable bonds is 3. The molecule has 0 spiro atoms. The predicted octanol–water partition coefficient (Wildman–Crippen LogP) is 3.14. The molecule has 1 aliphatic rings. The summed E-state index contributed by atoms with van der Waals surface area (Å²) in [5.74, 6) is -0.0336. The standard InChI is InChI=1S/C20H26N2O3/c1-13-7-5-8-14-11-15(18(23)21-17(13)14)12-22(20(2,3)4)19(24)16-9-6-10-25-16/h5,7-8,11,16H,6,9-10,12H2,1-4H3,(H,21,23). The number of carbonyl (C=O) groups excluding carboxylic acids is 1. The van der Waals surface area contributed by atoms with E-state index in [1.165, 1.54) is 0 Å². The molecule has 1 aliphatic heterocycles. The van der Waals surface area contributed by atoms with Gasteiger partial charge in [-0.1, -0.05) is 18.2 Å². The average Bonchev–Trinajstić information content (AvgIpc) is 3.06. The number of fused-ring (bicyclic) bond motifs is 1. The van der Waals surface area contributed by atoms with Crippen LogP contribution in [-0.4, -0.2) is 34.0 Å². The first kappa shape index (κ1) is 17.7. The molecule has 5 heteroatoms. The fraction of sp³-hybridized carbons (Fsp3) is 0.500. The first-order valence-electron chi connectivity index (χ1n) is 8.82. The number of hydrogen-bond donors (Lipinski definition) is 1. The molecule has 5 nitrogen and oxygen atoms in total. The average molecular weight is 342 g/mol. The van der Waals surface area contributed by atoms with Crippen LogP contribution in [-0.2, 0) is 16.1 Å². The van der Waals surface area contributed by atoms with Crippen LogP contribution < -0.4 is 5.56 Å². The highest BCUT2D eigenvalue weighted by molar-refractivity contribution is 5.83. The number of nitrogens with zero attached hydrogens (tertiary/aromatic N) is 1. The number of nitrogens with one attached hydrogen (secondary N) is 1. The quantitative estimate of drug-likeness (QED) is 0.932. The number of aromatic amines is 1. The molecular formula is C20H26N2O3. The maximum atomic E-state index is 12.9. The van der Waals surface area contributed by atoms with E-state index < -0.39 is 5.54 Å². The molecule has 2 aromatic rings. The Balaban J connectivity index is 1.97. The highest BCUT2D eigenvalue weighted by Crippen LogP contribution is 2.23. The van der Waals surface area contributed by atoms with Crippen LogP contribution in [0.25, 0.3) is 10.9 Å². The molecule has 1 unspecified atom stereocenters. The molecule has 0 bridgehead atoms. The van der Waals surface area contributed by atoms with Gasteiger partial charge in [0.1, 0.15) is 6.10 Å². The third-order valence-electron chi connectivity index (χ3n) is 4.77. The number of benzene rings is 1. The number of aromatic nitrogens is 1. The molecule has 25 heavy (non-hydrogen) atoms. The fourth-order valence-corrected chi connectivity index (χ4v) is 3.31. The van der Waals surface area contributed by atoms with Gasteiger partial charge in [0.2, 0.25) is 0 Å². The van der Waals surface area contributed by atoms with Gasteiger partial charge in [-0.2, -0.15) is 0 Å². The highest BCUT2D eigenvalue weighted by atomic mass is 16.5. The lowest BCUT2D eigenvalue weighted by Gasteiger charge is -2.37. The van der Waals surface area contributed by atoms with E-state index in [4.69, 9.17) is 4.74 Å². The minimum atomic E-state index is -0.392. The SMILES string of the molecule is Cc1cccc2cc(CN(C(=O)C3CCCO3)C(C)(C)C)c(=O)[nH]c12. The van der Waals surface area contributed by atoms with Crippen LogP contribution in [0.15, 0.2) is 29.1 Å². The van der Waals surface area contributed by atoms with Crippen LogP contribution in [0.2, 0.25) is 0 Å². The van der Waals surface area contributed by atoms with Gasteiger partial charge < -0.3 is 14.6 Å². The Bertz CT molecular complexity index is 842. The first-order chi connectivity index (χ1) is 11.8. The molecule has 1 aromatic carbocycles. The molecule has 1 atom stereocenters. The zero-order valence-corrected chi connectivity index (χ0v) is 15.4. The Labute approximate surface area is 148 Å². The van der Waals surface area contributed by atoms with E-state index in [2.05, 4.69) is 4.98 Å². The summed E-state index contributed by atoms with van der Waals surface area (Å²) >= 11 is 0. The summed E-state index contributed by atoms with van der Waals surface area (Å²) in [7, 11) is 0. The summed E-state index contributed by atoms with van der Waals surface area (Å²) in [4.78, 5) is 30.2. The van der Waals surface area contributed by atoms with Crippen molar-refractivity contribution in [2.45, 2.75) is 58.7 Å². The van der Waals surface area contributed by atoms with E-state index in [1.54, 1.807) is 4.90 Å². The molecule has 1 saturated heterocycles. The van der Waals surface area contributed by atoms with Crippen molar-refractivity contribution in [2.24, 2.45) is 0 Å². The van der Waals surface area contributed by atoms with Crippen molar-refractivity contribution in [3.05, 3.63) is 45.7 Å². The Morgan fingerprint density at radius 2 is 2.12 bits per heavy atom. The summed E-state index contributed by atoms with van der Waals surface area (Å²) < 4.78 is 5.57. The van der Waals surface area contributed by atoms with Crippen LogP contribution in [0.5, 0.6) is 0 Å². The maximum absolute atomic E-state index is 12.9. The van der Waals surface area contributed by atoms with Crippen LogP contribution in [0, 0.1) is 6.92 Å². The van der Waals surface area contributed by atoms with Gasteiger partial charge >= 0.3 is 0 Å². The number of hydrogen-bond acceptors (Lipinski definition) is 3. The summed E-state index contributed by atoms with van der Waals surface area (Å²) in [5, 5.41) is 0.980. The zero-order chi connectivity index (χ0) is 18.2. The van der Waals surface area contributed by atoms with E-state index in [9.17, 15) is 9.59 Å². The Morgan fingerprint density at radius 3 is 2.76 bits per heavy atom. The monoisotopic (exact) mass is 342 g/mol. The van der Waals surface area contributed by atoms with Gasteiger partial charge in [-0.05, 0) is 57.6 Å². The second-order valence-electron chi connectivity index (χ2n) is 7.76. The Hall–Kier alpha value is -2.14. The number of amides is 1. The van der Waals surface area contributed by atoms with E-state index in [-0.39, 0.29) is 24.1 Å². The summed E-state index contributed by atoms with van der Waals surface area (Å²) in [6, 6.07) is 7.81. The van der Waals surface area contributed by atoms with Gasteiger partial charge in [-0.3, -0.25) is 9.59 Å². The van der Waals surface area contributed by atoms with Gasteiger partial charge in [0, 0.05) is 17.7 Å². The third kappa shape index (κ3) is 3.61. The zero-order valence-electron chi connectivity index (χ0n) is 15.4. The second kappa shape index (κ2) is 6.64. The lowest BCUT2D eigenvalue weighted by atomic mass is 10.0. The van der Waals surface area contributed by atoms with Crippen molar-refractivity contribution >= 4 is 16.8 Å². The minimum absolute atomic E-state index is 0.0336. The van der Waals surface area contributed by atoms with E-state index in [0.29, 0.717) is 12.2 Å². The van der Waals surface area contributed by atoms with E-state index in [1.807, 2.05) is 52.0 Å². The van der Waals surface area contributed by atoms with Crippen LogP contribution in [0.1, 0.15) is 44.7 Å². The Morgan fingerprint density at radius 1 is 1.36 bits per heavy atom. The third-order valence-corrected chi connectivity index (χ3v) is 4.77. The topological polar surface area (TPSA) is 62.4 Å². The molecule has 1 aromatic heterocycles. The lowest BCUT2D eigenvalue weighted by Crippen LogP contribution is -2.49. The van der Waals surface area contributed by atoms with Gasteiger partial charge in [-0.25, -0.2) is 0 Å². The number of H-pyrrole nitrogens is 1. The van der Waals surface area contributed by atoms with Crippen molar-refractivity contribution in [3.63, 3.8) is 0 Å². The van der Waals surface area contributed by atoms with Crippen LogP contribution >= 0.6 is 0 Å². The molecule has 0 aliphatic carbocycles. The van der Waals surface area contributed by atoms with Crippen molar-refractivity contribution in [1.82, 2.24) is 9.88 Å². The molecule has 1 fully saturated rings. The highest BCUT2D eigenvalue weighted by Gasteiger charge is 2.34. The summed E-state index contributed by atoms with van der Waals surface area (Å²) in [5.41, 5.74) is 1.95. The van der Waals surface area contributed by atoms with Crippen molar-refractivity contribution in [2.75, 3.05) is 6.61 Å². The molecule has 1 N–H and O–H groups in total. The molecule has 3 rings (SSSR count). The van der Waals surface area contributed by atoms with Gasteiger partial charge in [0.25, 0.3) is 11.5 Å². The van der Waals surface area contributed by atoms with Gasteiger partial charge in [0.05, 0.1) is 12.1 Å². The Kier molecular flexibility index (Phi) is 4.69. The predicted molar refractivity (Wildman–Crippen MR) is 98.6 cm³/mol. The molecule has 0 radical (unpaired) electrons. The molecule has 134 valence electrons. The molecule has 1 amide bonds. The van der Waals surface area contributed by atoms with Gasteiger partial charge in [-0.15, -0.1) is 0 Å². The normalized spacial score (nSPS) is 17.8. The number of ether oxygens (including phenoxy) is 1. The van der Waals surface area contributed by atoms with Crippen LogP contribution in [0.4, 0.5) is 0 Å². The van der Waals surface area contributed by atoms with Crippen molar-refractivity contribution < 1.29 is 9.53 Å². The van der Waals surface area contributed by atoms with E-state index >= 15 is 0 Å². The lowest BCUT2D eigenvalue weighted by molar-refractivity contribution is -0.146. The van der Waals surface area contributed by atoms with E-state index in [0.717, 1.165) is 29.3 Å². The summed E-state index contributed by atoms with van der Waals surface area (Å²) in [6.07, 6.45) is 1.27. The minimum Gasteiger partial charge on any atom is -0.368 e. The first-order valence-corrected chi connectivity index (χ1v) is 8.82. The molecule has 0 saturated carbocycles. The van der Waals surface area contributed by atoms with Crippen LogP contribution in [0.3, 0.4) is 0 Å². The largest absolute Gasteiger partial charge is 0.368 e. The number of pyridine rings is 1. The van der Waals surface area contributed by atoms with Gasteiger partial charge in [0.15, 0.2) is 0 Å². The fourth-order valence-electron chi connectivity index (χ4n) is 3.31.